The van der Waals surface area contributed by atoms with Crippen molar-refractivity contribution >= 4 is 0 Å². The molecule has 0 N–H and O–H groups in total. The number of nitrogens with zero attached hydrogens (tertiary/aromatic N) is 2. The molecule has 2 heterocycles. The molecule has 0 spiro atoms. The van der Waals surface area contributed by atoms with Crippen molar-refractivity contribution in [3.8, 4) is 17.2 Å². The first-order chi connectivity index (χ1) is 14.6. The lowest BCUT2D eigenvalue weighted by Gasteiger charge is -2.20. The van der Waals surface area contributed by atoms with Crippen LogP contribution in [-0.2, 0) is 6.61 Å². The zero-order valence-electron chi connectivity index (χ0n) is 17.5. The van der Waals surface area contributed by atoms with Gasteiger partial charge in [-0.1, -0.05) is 30.3 Å². The van der Waals surface area contributed by atoms with Gasteiger partial charge in [-0.3, -0.25) is 14.3 Å². The van der Waals surface area contributed by atoms with Crippen LogP contribution in [0.15, 0.2) is 77.7 Å². The molecule has 1 saturated heterocycles. The van der Waals surface area contributed by atoms with E-state index in [1.54, 1.807) is 10.8 Å². The second-order valence-electron chi connectivity index (χ2n) is 7.96. The van der Waals surface area contributed by atoms with Gasteiger partial charge in [-0.15, -0.1) is 0 Å². The summed E-state index contributed by atoms with van der Waals surface area (Å²) < 4.78 is 13.5. The van der Waals surface area contributed by atoms with E-state index in [0.29, 0.717) is 18.4 Å². The van der Waals surface area contributed by atoms with Crippen molar-refractivity contribution in [1.82, 2.24) is 9.47 Å². The Balaban J connectivity index is 1.38. The maximum absolute atomic E-state index is 12.6. The Bertz CT molecular complexity index is 1010. The van der Waals surface area contributed by atoms with E-state index in [0.717, 1.165) is 36.5 Å². The largest absolute Gasteiger partial charge is 0.489 e. The van der Waals surface area contributed by atoms with Crippen molar-refractivity contribution in [3.63, 3.8) is 0 Å². The number of rotatable bonds is 7. The molecule has 1 atom stereocenters. The predicted molar refractivity (Wildman–Crippen MR) is 119 cm³/mol. The molecule has 0 amide bonds. The number of benzene rings is 2. The van der Waals surface area contributed by atoms with E-state index in [2.05, 4.69) is 18.7 Å². The molecule has 0 unspecified atom stereocenters. The quantitative estimate of drug-likeness (QED) is 0.590. The summed E-state index contributed by atoms with van der Waals surface area (Å²) in [7, 11) is 0. The third-order valence-electron chi connectivity index (χ3n) is 5.46. The molecule has 5 nitrogen and oxygen atoms in total. The minimum atomic E-state index is -0.127. The molecular weight excluding hydrogens is 376 g/mol. The molecule has 1 fully saturated rings. The first-order valence-electron chi connectivity index (χ1n) is 10.5. The maximum Gasteiger partial charge on any atom is 0.258 e. The maximum atomic E-state index is 12.6. The summed E-state index contributed by atoms with van der Waals surface area (Å²) in [6.07, 6.45) is 3.02. The molecule has 30 heavy (non-hydrogen) atoms. The summed E-state index contributed by atoms with van der Waals surface area (Å²) in [6, 6.07) is 21.5. The van der Waals surface area contributed by atoms with Gasteiger partial charge in [0.2, 0.25) is 0 Å². The van der Waals surface area contributed by atoms with E-state index in [-0.39, 0.29) is 11.7 Å². The highest BCUT2D eigenvalue weighted by atomic mass is 16.5. The van der Waals surface area contributed by atoms with Gasteiger partial charge in [-0.25, -0.2) is 0 Å². The smallest absolute Gasteiger partial charge is 0.258 e. The third kappa shape index (κ3) is 4.92. The number of hydrogen-bond donors (Lipinski definition) is 0. The van der Waals surface area contributed by atoms with Crippen LogP contribution in [0.4, 0.5) is 0 Å². The summed E-state index contributed by atoms with van der Waals surface area (Å²) in [5.41, 5.74) is 1.74. The number of aromatic nitrogens is 1. The molecule has 0 bridgehead atoms. The van der Waals surface area contributed by atoms with Crippen molar-refractivity contribution in [1.29, 1.82) is 0 Å². The normalized spacial score (nSPS) is 16.7. The van der Waals surface area contributed by atoms with Gasteiger partial charge in [-0.2, -0.15) is 0 Å². The van der Waals surface area contributed by atoms with Crippen molar-refractivity contribution in [2.45, 2.75) is 39.0 Å². The van der Waals surface area contributed by atoms with Crippen LogP contribution in [-0.4, -0.2) is 34.7 Å². The number of ether oxygens (including phenoxy) is 2. The van der Waals surface area contributed by atoms with Crippen LogP contribution in [0.2, 0.25) is 0 Å². The highest BCUT2D eigenvalue weighted by Gasteiger charge is 2.25. The van der Waals surface area contributed by atoms with E-state index < -0.39 is 0 Å². The second-order valence-corrected chi connectivity index (χ2v) is 7.96. The molecule has 1 aliphatic rings. The molecule has 3 aromatic rings. The van der Waals surface area contributed by atoms with Gasteiger partial charge >= 0.3 is 0 Å². The molecule has 1 aliphatic heterocycles. The van der Waals surface area contributed by atoms with Crippen LogP contribution >= 0.6 is 0 Å². The van der Waals surface area contributed by atoms with Gasteiger partial charge in [0.15, 0.2) is 0 Å². The summed E-state index contributed by atoms with van der Waals surface area (Å²) >= 11 is 0. The lowest BCUT2D eigenvalue weighted by Crippen LogP contribution is -2.30. The van der Waals surface area contributed by atoms with E-state index in [4.69, 9.17) is 9.47 Å². The molecular formula is C25H28N2O3. The zero-order chi connectivity index (χ0) is 20.9. The third-order valence-corrected chi connectivity index (χ3v) is 5.46. The first kappa shape index (κ1) is 20.2. The summed E-state index contributed by atoms with van der Waals surface area (Å²) in [4.78, 5) is 15.0. The van der Waals surface area contributed by atoms with Crippen LogP contribution < -0.4 is 15.0 Å². The molecule has 0 aliphatic carbocycles. The Labute approximate surface area is 177 Å². The molecule has 4 rings (SSSR count). The fraction of sp³-hybridized carbons (Fsp3) is 0.320. The van der Waals surface area contributed by atoms with E-state index >= 15 is 0 Å². The average molecular weight is 405 g/mol. The van der Waals surface area contributed by atoms with Gasteiger partial charge in [-0.05, 0) is 56.2 Å². The van der Waals surface area contributed by atoms with E-state index in [9.17, 15) is 4.79 Å². The SMILES string of the molecule is CC(C)N1CC[C@@H](Oc2ccc(-n3ccc(OCc4ccccc4)cc3=O)cc2)C1. The van der Waals surface area contributed by atoms with Crippen molar-refractivity contribution < 1.29 is 9.47 Å². The molecule has 0 radical (unpaired) electrons. The number of hydrogen-bond acceptors (Lipinski definition) is 4. The van der Waals surface area contributed by atoms with Gasteiger partial charge in [0.25, 0.3) is 5.56 Å². The number of pyridine rings is 1. The standard InChI is InChI=1S/C25H28N2O3/c1-19(2)26-14-12-24(17-26)30-22-10-8-21(9-11-22)27-15-13-23(16-25(27)28)29-18-20-6-4-3-5-7-20/h3-11,13,15-16,19,24H,12,14,17-18H2,1-2H3/t24-/m1/s1. The molecule has 1 aromatic heterocycles. The van der Waals surface area contributed by atoms with Gasteiger partial charge in [0.05, 0.1) is 0 Å². The summed E-state index contributed by atoms with van der Waals surface area (Å²) in [5, 5.41) is 0. The number of likely N-dealkylation sites (tertiary alicyclic amines) is 1. The Kier molecular flexibility index (Phi) is 6.19. The Morgan fingerprint density at radius 3 is 2.43 bits per heavy atom. The van der Waals surface area contributed by atoms with Gasteiger partial charge in [0, 0.05) is 37.1 Å². The van der Waals surface area contributed by atoms with Crippen LogP contribution in [0, 0.1) is 0 Å². The Morgan fingerprint density at radius 2 is 1.77 bits per heavy atom. The minimum absolute atomic E-state index is 0.127. The molecule has 0 saturated carbocycles. The van der Waals surface area contributed by atoms with Crippen molar-refractivity contribution in [2.75, 3.05) is 13.1 Å². The van der Waals surface area contributed by atoms with Crippen LogP contribution in [0.25, 0.3) is 5.69 Å². The lowest BCUT2D eigenvalue weighted by atomic mass is 10.2. The highest BCUT2D eigenvalue weighted by Crippen LogP contribution is 2.21. The highest BCUT2D eigenvalue weighted by molar-refractivity contribution is 5.38. The average Bonchev–Trinajstić information content (AvgIpc) is 3.23. The van der Waals surface area contributed by atoms with Gasteiger partial charge < -0.3 is 9.47 Å². The van der Waals surface area contributed by atoms with Gasteiger partial charge in [0.1, 0.15) is 24.2 Å². The summed E-state index contributed by atoms with van der Waals surface area (Å²) in [5.74, 6) is 1.40. The lowest BCUT2D eigenvalue weighted by molar-refractivity contribution is 0.187. The fourth-order valence-electron chi connectivity index (χ4n) is 3.70. The van der Waals surface area contributed by atoms with Crippen molar-refractivity contribution in [3.05, 3.63) is 88.8 Å². The molecule has 156 valence electrons. The van der Waals surface area contributed by atoms with Crippen LogP contribution in [0.3, 0.4) is 0 Å². The topological polar surface area (TPSA) is 43.7 Å². The molecule has 2 aromatic carbocycles. The second kappa shape index (κ2) is 9.18. The summed E-state index contributed by atoms with van der Waals surface area (Å²) in [6.45, 7) is 6.91. The first-order valence-corrected chi connectivity index (χ1v) is 10.5. The Morgan fingerprint density at radius 1 is 1.00 bits per heavy atom. The molecule has 5 heteroatoms. The van der Waals surface area contributed by atoms with E-state index in [1.807, 2.05) is 60.7 Å². The fourth-order valence-corrected chi connectivity index (χ4v) is 3.70. The van der Waals surface area contributed by atoms with E-state index in [1.165, 1.54) is 6.07 Å². The zero-order valence-corrected chi connectivity index (χ0v) is 17.5. The predicted octanol–water partition coefficient (Wildman–Crippen LogP) is 4.28. The van der Waals surface area contributed by atoms with Crippen LogP contribution in [0.1, 0.15) is 25.8 Å². The Hall–Kier alpha value is -3.05. The van der Waals surface area contributed by atoms with Crippen molar-refractivity contribution in [2.24, 2.45) is 0 Å². The monoisotopic (exact) mass is 404 g/mol. The minimum Gasteiger partial charge on any atom is -0.489 e. The van der Waals surface area contributed by atoms with Crippen LogP contribution in [0.5, 0.6) is 11.5 Å².